The summed E-state index contributed by atoms with van der Waals surface area (Å²) < 4.78 is 43.5. The molecule has 2 unspecified atom stereocenters. The molecule has 0 amide bonds. The molecule has 2 fully saturated rings. The van der Waals surface area contributed by atoms with Crippen LogP contribution in [-0.2, 0) is 9.53 Å². The predicted octanol–water partition coefficient (Wildman–Crippen LogP) is 1.29. The number of nitrogens with zero attached hydrogens (tertiary/aromatic N) is 2. The van der Waals surface area contributed by atoms with E-state index in [4.69, 9.17) is 39.4 Å². The highest BCUT2D eigenvalue weighted by molar-refractivity contribution is 6.35. The molecule has 0 aliphatic carbocycles. The first-order chi connectivity index (χ1) is 13.0. The van der Waals surface area contributed by atoms with E-state index in [1.54, 1.807) is 0 Å². The van der Waals surface area contributed by atoms with Crippen molar-refractivity contribution < 1.29 is 22.7 Å². The average Bonchev–Trinajstić information content (AvgIpc) is 2.84. The van der Waals surface area contributed by atoms with Gasteiger partial charge in [-0.2, -0.15) is 23.5 Å². The number of nitrogens with two attached hydrogens (primary N) is 2. The Hall–Kier alpha value is -1.34. The van der Waals surface area contributed by atoms with Crippen molar-refractivity contribution in [3.63, 3.8) is 0 Å². The minimum Gasteiger partial charge on any atom is -0.403 e. The fourth-order valence-corrected chi connectivity index (χ4v) is 3.91. The third kappa shape index (κ3) is 4.15. The highest BCUT2D eigenvalue weighted by Crippen LogP contribution is 2.36. The number of rotatable bonds is 3. The van der Waals surface area contributed by atoms with Gasteiger partial charge in [0, 0.05) is 16.1 Å². The zero-order chi connectivity index (χ0) is 20.7. The van der Waals surface area contributed by atoms with Gasteiger partial charge in [0.2, 0.25) is 0 Å². The molecule has 0 aromatic heterocycles. The van der Waals surface area contributed by atoms with Crippen LogP contribution in [0.15, 0.2) is 18.2 Å². The van der Waals surface area contributed by atoms with Gasteiger partial charge in [-0.25, -0.2) is 9.80 Å². The third-order valence-electron chi connectivity index (χ3n) is 4.53. The largest absolute Gasteiger partial charge is 0.491 e. The summed E-state index contributed by atoms with van der Waals surface area (Å²) in [6, 6.07) is 3.91. The van der Waals surface area contributed by atoms with Gasteiger partial charge in [0.15, 0.2) is 0 Å². The summed E-state index contributed by atoms with van der Waals surface area (Å²) in [6.07, 6.45) is -5.17. The lowest BCUT2D eigenvalue weighted by Gasteiger charge is -2.43. The molecule has 3 rings (SSSR count). The van der Waals surface area contributed by atoms with Gasteiger partial charge in [-0.15, -0.1) is 0 Å². The molecule has 2 aliphatic rings. The fourth-order valence-electron chi connectivity index (χ4n) is 3.40. The molecule has 1 aromatic rings. The van der Waals surface area contributed by atoms with Crippen LogP contribution in [0.1, 0.15) is 12.8 Å². The van der Waals surface area contributed by atoms with Crippen molar-refractivity contribution in [2.24, 2.45) is 11.5 Å². The Morgan fingerprint density at radius 3 is 2.32 bits per heavy atom. The molecule has 6 N–H and O–H groups in total. The van der Waals surface area contributed by atoms with E-state index in [-0.39, 0.29) is 21.8 Å². The molecule has 1 aromatic carbocycles. The third-order valence-corrected chi connectivity index (χ3v) is 4.97. The first-order valence-corrected chi connectivity index (χ1v) is 9.14. The summed E-state index contributed by atoms with van der Waals surface area (Å²) in [5, 5.41) is 4.59. The number of ether oxygens (including phenoxy) is 1. The van der Waals surface area contributed by atoms with Crippen molar-refractivity contribution in [1.29, 1.82) is 0 Å². The van der Waals surface area contributed by atoms with Gasteiger partial charge in [-0.1, -0.05) is 23.2 Å². The minimum atomic E-state index is -5.24. The van der Waals surface area contributed by atoms with E-state index in [0.29, 0.717) is 25.9 Å². The molecule has 8 nitrogen and oxygen atoms in total. The van der Waals surface area contributed by atoms with Crippen molar-refractivity contribution >= 4 is 34.9 Å². The first-order valence-electron chi connectivity index (χ1n) is 8.38. The van der Waals surface area contributed by atoms with Gasteiger partial charge < -0.3 is 15.8 Å². The van der Waals surface area contributed by atoms with Crippen LogP contribution >= 0.6 is 23.2 Å². The SMILES string of the molecule is NC1NN(c2cc(Cl)cc(Cl)c2)C(N)(OC(=O)C(F)(F)F)N1C1CCNCC1. The van der Waals surface area contributed by atoms with Crippen LogP contribution in [-0.4, -0.2) is 48.4 Å². The van der Waals surface area contributed by atoms with Gasteiger partial charge in [0.05, 0.1) is 5.69 Å². The van der Waals surface area contributed by atoms with E-state index in [0.717, 1.165) is 5.01 Å². The van der Waals surface area contributed by atoms with E-state index in [2.05, 4.69) is 10.7 Å². The Labute approximate surface area is 168 Å². The number of alkyl halides is 3. The topological polar surface area (TPSA) is 109 Å². The number of nitrogens with one attached hydrogen (secondary N) is 2. The van der Waals surface area contributed by atoms with Crippen LogP contribution in [0.4, 0.5) is 18.9 Å². The summed E-state index contributed by atoms with van der Waals surface area (Å²) >= 11 is 12.0. The minimum absolute atomic E-state index is 0.182. The number of hydrazine groups is 1. The Morgan fingerprint density at radius 1 is 1.21 bits per heavy atom. The van der Waals surface area contributed by atoms with Gasteiger partial charge in [0.1, 0.15) is 6.29 Å². The Bertz CT molecular complexity index is 729. The molecular weight excluding hydrogens is 424 g/mol. The molecule has 2 heterocycles. The van der Waals surface area contributed by atoms with Crippen molar-refractivity contribution in [2.45, 2.75) is 37.3 Å². The lowest BCUT2D eigenvalue weighted by atomic mass is 10.0. The van der Waals surface area contributed by atoms with Gasteiger partial charge in [-0.05, 0) is 44.1 Å². The Balaban J connectivity index is 2.03. The molecule has 28 heavy (non-hydrogen) atoms. The maximum Gasteiger partial charge on any atom is 0.491 e. The lowest BCUT2D eigenvalue weighted by Crippen LogP contribution is -2.69. The van der Waals surface area contributed by atoms with Gasteiger partial charge in [0.25, 0.3) is 0 Å². The standard InChI is InChI=1S/C15H19Cl2F3N6O2/c16-8-5-9(17)7-11(6-8)26-15(22,28-12(27)14(18,19)20)25(13(21)24-26)10-1-3-23-4-2-10/h5-7,10,13,23-24H,1-4,21-22H2. The van der Waals surface area contributed by atoms with Crippen LogP contribution in [0.5, 0.6) is 0 Å². The number of anilines is 1. The molecular formula is C15H19Cl2F3N6O2. The predicted molar refractivity (Wildman–Crippen MR) is 96.8 cm³/mol. The summed E-state index contributed by atoms with van der Waals surface area (Å²) in [4.78, 5) is 13.0. The first kappa shape index (κ1) is 21.4. The summed E-state index contributed by atoms with van der Waals surface area (Å²) in [6.45, 7) is 1.22. The summed E-state index contributed by atoms with van der Waals surface area (Å²) in [5.41, 5.74) is 15.3. The second kappa shape index (κ2) is 7.82. The zero-order valence-corrected chi connectivity index (χ0v) is 16.0. The normalized spacial score (nSPS) is 27.2. The average molecular weight is 443 g/mol. The second-order valence-electron chi connectivity index (χ2n) is 6.47. The number of carbonyl (C=O) groups excluding carboxylic acids is 1. The maximum atomic E-state index is 12.9. The smallest absolute Gasteiger partial charge is 0.403 e. The van der Waals surface area contributed by atoms with Crippen molar-refractivity contribution in [3.05, 3.63) is 28.2 Å². The molecule has 2 atom stereocenters. The highest BCUT2D eigenvalue weighted by atomic mass is 35.5. The zero-order valence-electron chi connectivity index (χ0n) is 14.5. The van der Waals surface area contributed by atoms with Crippen LogP contribution in [0.2, 0.25) is 10.0 Å². The molecule has 13 heteroatoms. The quantitative estimate of drug-likeness (QED) is 0.409. The van der Waals surface area contributed by atoms with Crippen molar-refractivity contribution in [1.82, 2.24) is 15.6 Å². The van der Waals surface area contributed by atoms with E-state index >= 15 is 0 Å². The molecule has 156 valence electrons. The molecule has 0 radical (unpaired) electrons. The number of piperidine rings is 1. The van der Waals surface area contributed by atoms with E-state index in [1.165, 1.54) is 23.1 Å². The number of hydrogen-bond acceptors (Lipinski definition) is 8. The Kier molecular flexibility index (Phi) is 5.97. The fraction of sp³-hybridized carbons (Fsp3) is 0.533. The number of hydrogen-bond donors (Lipinski definition) is 4. The van der Waals surface area contributed by atoms with E-state index in [9.17, 15) is 18.0 Å². The number of benzene rings is 1. The van der Waals surface area contributed by atoms with Crippen LogP contribution in [0.3, 0.4) is 0 Å². The van der Waals surface area contributed by atoms with Crippen molar-refractivity contribution in [2.75, 3.05) is 18.1 Å². The Morgan fingerprint density at radius 2 is 1.79 bits per heavy atom. The molecule has 2 saturated heterocycles. The van der Waals surface area contributed by atoms with Gasteiger partial charge >= 0.3 is 18.1 Å². The molecule has 0 bridgehead atoms. The molecule has 0 spiro atoms. The number of esters is 1. The molecule has 2 aliphatic heterocycles. The number of halogens is 5. The van der Waals surface area contributed by atoms with Crippen LogP contribution < -0.4 is 27.2 Å². The molecule has 0 saturated carbocycles. The summed E-state index contributed by atoms with van der Waals surface area (Å²) in [5.74, 6) is -4.80. The van der Waals surface area contributed by atoms with Crippen molar-refractivity contribution in [3.8, 4) is 0 Å². The number of carbonyl (C=O) groups is 1. The highest BCUT2D eigenvalue weighted by Gasteiger charge is 2.58. The van der Waals surface area contributed by atoms with Crippen LogP contribution in [0.25, 0.3) is 0 Å². The monoisotopic (exact) mass is 442 g/mol. The van der Waals surface area contributed by atoms with E-state index < -0.39 is 24.4 Å². The summed E-state index contributed by atoms with van der Waals surface area (Å²) in [7, 11) is 0. The van der Waals surface area contributed by atoms with E-state index in [1.807, 2.05) is 0 Å². The van der Waals surface area contributed by atoms with Gasteiger partial charge in [-0.3, -0.25) is 5.73 Å². The van der Waals surface area contributed by atoms with Crippen LogP contribution in [0, 0.1) is 0 Å². The maximum absolute atomic E-state index is 12.9. The second-order valence-corrected chi connectivity index (χ2v) is 7.34. The lowest BCUT2D eigenvalue weighted by molar-refractivity contribution is -0.231.